The molecule has 3 radical (unpaired) electrons. The first-order chi connectivity index (χ1) is 6.41. The fourth-order valence-electron chi connectivity index (χ4n) is 1.06. The lowest BCUT2D eigenvalue weighted by atomic mass is 10.9. The highest BCUT2D eigenvalue weighted by molar-refractivity contribution is 6.73. The normalized spacial score (nSPS) is 11.1. The standard InChI is InChI=1S/C6H15Si.C4H12OSi2/c1-4-7(5-2)6-3;1-6-5-7(2,3)4/h4-6H2,1-3H3;1-4H3. The highest BCUT2D eigenvalue weighted by Crippen LogP contribution is 2.01. The Bertz CT molecular complexity index is 103. The Labute approximate surface area is 96.3 Å². The van der Waals surface area contributed by atoms with Gasteiger partial charge in [-0.2, -0.15) is 0 Å². The smallest absolute Gasteiger partial charge is 0.211 e. The third-order valence-electron chi connectivity index (χ3n) is 1.91. The minimum Gasteiger partial charge on any atom is -0.456 e. The topological polar surface area (TPSA) is 9.23 Å². The molecule has 85 valence electrons. The van der Waals surface area contributed by atoms with Gasteiger partial charge < -0.3 is 4.12 Å². The van der Waals surface area contributed by atoms with Crippen LogP contribution < -0.4 is 0 Å². The van der Waals surface area contributed by atoms with E-state index in [9.17, 15) is 0 Å². The summed E-state index contributed by atoms with van der Waals surface area (Å²) in [5, 5.41) is 0. The first-order valence-electron chi connectivity index (χ1n) is 5.59. The number of hydrogen-bond donors (Lipinski definition) is 0. The molecule has 0 aliphatic carbocycles. The molecule has 0 unspecified atom stereocenters. The Morgan fingerprint density at radius 3 is 1.36 bits per heavy atom. The van der Waals surface area contributed by atoms with E-state index in [2.05, 4.69) is 47.0 Å². The van der Waals surface area contributed by atoms with Gasteiger partial charge in [-0.15, -0.1) is 0 Å². The summed E-state index contributed by atoms with van der Waals surface area (Å²) in [5.74, 6) is 0. The number of hydrogen-bond acceptors (Lipinski definition) is 1. The largest absolute Gasteiger partial charge is 0.456 e. The van der Waals surface area contributed by atoms with Crippen molar-refractivity contribution in [1.29, 1.82) is 0 Å². The molecule has 14 heavy (non-hydrogen) atoms. The van der Waals surface area contributed by atoms with Gasteiger partial charge in [-0.05, 0) is 26.2 Å². The Hall–Kier alpha value is 0.611. The molecule has 0 rings (SSSR count). The third-order valence-corrected chi connectivity index (χ3v) is 8.17. The van der Waals surface area contributed by atoms with E-state index in [1.807, 2.05) is 0 Å². The molecule has 0 heterocycles. The molecule has 0 saturated heterocycles. The lowest BCUT2D eigenvalue weighted by Crippen LogP contribution is -2.26. The second-order valence-corrected chi connectivity index (χ2v) is 13.3. The van der Waals surface area contributed by atoms with Crippen LogP contribution in [0, 0.1) is 0 Å². The van der Waals surface area contributed by atoms with Crippen molar-refractivity contribution in [1.82, 2.24) is 0 Å². The van der Waals surface area contributed by atoms with Gasteiger partial charge in [0.05, 0.1) is 0 Å². The lowest BCUT2D eigenvalue weighted by Gasteiger charge is -2.14. The van der Waals surface area contributed by atoms with Crippen molar-refractivity contribution in [2.75, 3.05) is 0 Å². The molecule has 1 nitrogen and oxygen atoms in total. The summed E-state index contributed by atoms with van der Waals surface area (Å²) in [6, 6.07) is 4.37. The highest BCUT2D eigenvalue weighted by Gasteiger charge is 2.11. The fourth-order valence-corrected chi connectivity index (χ4v) is 5.01. The van der Waals surface area contributed by atoms with Crippen LogP contribution in [0.1, 0.15) is 20.8 Å². The molecule has 4 heteroatoms. The SMILES string of the molecule is CC[Si](CC)CC.C[Si]O[Si](C)(C)C. The maximum Gasteiger partial charge on any atom is 0.211 e. The van der Waals surface area contributed by atoms with E-state index < -0.39 is 8.32 Å². The summed E-state index contributed by atoms with van der Waals surface area (Å²) in [5.41, 5.74) is 0. The van der Waals surface area contributed by atoms with Gasteiger partial charge in [-0.3, -0.25) is 0 Å². The molecule has 0 saturated carbocycles. The Morgan fingerprint density at radius 2 is 1.36 bits per heavy atom. The summed E-state index contributed by atoms with van der Waals surface area (Å²) in [4.78, 5) is 0. The van der Waals surface area contributed by atoms with Crippen LogP contribution in [0.3, 0.4) is 0 Å². The van der Waals surface area contributed by atoms with Crippen LogP contribution in [-0.4, -0.2) is 26.9 Å². The van der Waals surface area contributed by atoms with Crippen molar-refractivity contribution in [3.8, 4) is 0 Å². The maximum absolute atomic E-state index is 5.40. The van der Waals surface area contributed by atoms with Gasteiger partial charge in [0.15, 0.2) is 8.32 Å². The van der Waals surface area contributed by atoms with E-state index in [0.29, 0.717) is 9.76 Å². The predicted molar refractivity (Wildman–Crippen MR) is 73.2 cm³/mol. The Balaban J connectivity index is 0. The maximum atomic E-state index is 5.40. The minimum atomic E-state index is -1.14. The van der Waals surface area contributed by atoms with E-state index in [0.717, 1.165) is 0 Å². The minimum absolute atomic E-state index is 0.137. The van der Waals surface area contributed by atoms with Crippen LogP contribution in [0.5, 0.6) is 0 Å². The molecule has 0 bridgehead atoms. The molecule has 0 aliphatic heterocycles. The molecule has 0 aromatic rings. The van der Waals surface area contributed by atoms with Gasteiger partial charge in [-0.1, -0.05) is 38.9 Å². The van der Waals surface area contributed by atoms with Crippen LogP contribution in [0.15, 0.2) is 0 Å². The van der Waals surface area contributed by atoms with Crippen molar-refractivity contribution in [2.24, 2.45) is 0 Å². The van der Waals surface area contributed by atoms with Crippen LogP contribution in [0.25, 0.3) is 0 Å². The van der Waals surface area contributed by atoms with Crippen LogP contribution >= 0.6 is 0 Å². The first kappa shape index (κ1) is 17.0. The average molecular weight is 248 g/mol. The molecular formula is C10H27OSi3. The fraction of sp³-hybridized carbons (Fsp3) is 1.00. The molecule has 0 aliphatic rings. The van der Waals surface area contributed by atoms with Crippen LogP contribution in [-0.2, 0) is 4.12 Å². The monoisotopic (exact) mass is 247 g/mol. The van der Waals surface area contributed by atoms with E-state index in [1.165, 1.54) is 18.1 Å². The summed E-state index contributed by atoms with van der Waals surface area (Å²) in [7, 11) is -0.337. The second kappa shape index (κ2) is 10.1. The molecule has 0 spiro atoms. The van der Waals surface area contributed by atoms with Crippen LogP contribution in [0.4, 0.5) is 0 Å². The van der Waals surface area contributed by atoms with Gasteiger partial charge in [-0.25, -0.2) is 0 Å². The van der Waals surface area contributed by atoms with Gasteiger partial charge in [0, 0.05) is 8.80 Å². The quantitative estimate of drug-likeness (QED) is 0.666. The Kier molecular flexibility index (Phi) is 12.3. The van der Waals surface area contributed by atoms with E-state index in [-0.39, 0.29) is 8.80 Å². The molecule has 0 aromatic carbocycles. The van der Waals surface area contributed by atoms with E-state index in [4.69, 9.17) is 4.12 Å². The van der Waals surface area contributed by atoms with Crippen molar-refractivity contribution < 1.29 is 4.12 Å². The number of rotatable bonds is 5. The van der Waals surface area contributed by atoms with Gasteiger partial charge >= 0.3 is 0 Å². The van der Waals surface area contributed by atoms with Crippen molar-refractivity contribution in [2.45, 2.75) is 65.1 Å². The summed E-state index contributed by atoms with van der Waals surface area (Å²) in [6.07, 6.45) is 0. The zero-order valence-corrected chi connectivity index (χ0v) is 14.0. The third kappa shape index (κ3) is 15.1. The van der Waals surface area contributed by atoms with Gasteiger partial charge in [0.25, 0.3) is 0 Å². The summed E-state index contributed by atoms with van der Waals surface area (Å²) < 4.78 is 5.40. The van der Waals surface area contributed by atoms with Crippen LogP contribution in [0.2, 0.25) is 44.3 Å². The molecule has 0 N–H and O–H groups in total. The lowest BCUT2D eigenvalue weighted by molar-refractivity contribution is 0.603. The Morgan fingerprint density at radius 1 is 1.00 bits per heavy atom. The van der Waals surface area contributed by atoms with E-state index in [1.54, 1.807) is 0 Å². The summed E-state index contributed by atoms with van der Waals surface area (Å²) >= 11 is 0. The second-order valence-electron chi connectivity index (χ2n) is 4.23. The van der Waals surface area contributed by atoms with Gasteiger partial charge in [0.1, 0.15) is 0 Å². The molecular weight excluding hydrogens is 220 g/mol. The first-order valence-corrected chi connectivity index (χ1v) is 12.5. The molecule has 0 amide bonds. The van der Waals surface area contributed by atoms with Crippen molar-refractivity contribution in [3.63, 3.8) is 0 Å². The predicted octanol–water partition coefficient (Wildman–Crippen LogP) is 4.05. The van der Waals surface area contributed by atoms with Crippen molar-refractivity contribution in [3.05, 3.63) is 0 Å². The zero-order valence-electron chi connectivity index (χ0n) is 11.0. The highest BCUT2D eigenvalue weighted by atomic mass is 28.4. The molecule has 0 atom stereocenters. The zero-order chi connectivity index (χ0) is 11.6. The molecule has 0 fully saturated rings. The van der Waals surface area contributed by atoms with Gasteiger partial charge in [0.2, 0.25) is 9.76 Å². The molecule has 0 aromatic heterocycles. The van der Waals surface area contributed by atoms with E-state index >= 15 is 0 Å². The average Bonchev–Trinajstić information content (AvgIpc) is 2.06. The summed E-state index contributed by atoms with van der Waals surface area (Å²) in [6.45, 7) is 15.6. The van der Waals surface area contributed by atoms with Crippen molar-refractivity contribution >= 4 is 26.9 Å².